The van der Waals surface area contributed by atoms with Crippen molar-refractivity contribution < 1.29 is 9.90 Å². The van der Waals surface area contributed by atoms with Crippen LogP contribution in [0.4, 0.5) is 5.69 Å². The van der Waals surface area contributed by atoms with Crippen LogP contribution in [-0.2, 0) is 12.8 Å². The first kappa shape index (κ1) is 20.4. The molecule has 0 aliphatic rings. The third-order valence-corrected chi connectivity index (χ3v) is 5.88. The fourth-order valence-corrected chi connectivity index (χ4v) is 4.13. The summed E-state index contributed by atoms with van der Waals surface area (Å²) in [4.78, 5) is 15.1. The molecule has 0 saturated carbocycles. The van der Waals surface area contributed by atoms with E-state index in [1.165, 1.54) is 6.07 Å². The van der Waals surface area contributed by atoms with Gasteiger partial charge in [-0.2, -0.15) is 0 Å². The molecule has 0 spiro atoms. The van der Waals surface area contributed by atoms with Crippen LogP contribution in [0.25, 0.3) is 10.9 Å². The topological polar surface area (TPSA) is 109 Å². The van der Waals surface area contributed by atoms with Gasteiger partial charge in [0.1, 0.15) is 6.33 Å². The largest absolute Gasteiger partial charge is 0.493 e. The third kappa shape index (κ3) is 4.18. The maximum atomic E-state index is 12.4. The standard InChI is InChI=1S/C19H14Cl2N6O2S/c1-27-9-22-26-19(27)30-8-10-2-4-11(5-3-10)17(28)25-24-16-13-6-12(20)7-14(21)15(13)23-18(16)29/h2-7,9,23,29H,8H2,1H3. The molecule has 30 heavy (non-hydrogen) atoms. The Morgan fingerprint density at radius 1 is 1.27 bits per heavy atom. The maximum absolute atomic E-state index is 12.4. The van der Waals surface area contributed by atoms with Gasteiger partial charge in [0.05, 0.1) is 10.5 Å². The predicted octanol–water partition coefficient (Wildman–Crippen LogP) is 5.53. The van der Waals surface area contributed by atoms with Gasteiger partial charge >= 0.3 is 0 Å². The van der Waals surface area contributed by atoms with Gasteiger partial charge in [-0.15, -0.1) is 20.4 Å². The van der Waals surface area contributed by atoms with E-state index in [4.69, 9.17) is 23.2 Å². The Labute approximate surface area is 184 Å². The Bertz CT molecular complexity index is 1270. The maximum Gasteiger partial charge on any atom is 0.295 e. The second-order valence-corrected chi connectivity index (χ2v) is 8.13. The van der Waals surface area contributed by atoms with Crippen molar-refractivity contribution in [1.29, 1.82) is 0 Å². The van der Waals surface area contributed by atoms with Crippen LogP contribution in [-0.4, -0.2) is 30.8 Å². The number of aromatic hydroxyl groups is 1. The number of amides is 1. The number of thioether (sulfide) groups is 1. The van der Waals surface area contributed by atoms with Gasteiger partial charge in [0.2, 0.25) is 5.88 Å². The monoisotopic (exact) mass is 460 g/mol. The number of benzene rings is 2. The molecule has 2 aromatic carbocycles. The minimum atomic E-state index is -0.538. The van der Waals surface area contributed by atoms with Crippen LogP contribution in [0.15, 0.2) is 58.1 Å². The lowest BCUT2D eigenvalue weighted by atomic mass is 10.1. The lowest BCUT2D eigenvalue weighted by molar-refractivity contribution is 0.0995. The Kier molecular flexibility index (Phi) is 5.76. The second-order valence-electron chi connectivity index (χ2n) is 6.35. The van der Waals surface area contributed by atoms with E-state index in [1.54, 1.807) is 36.3 Å². The average Bonchev–Trinajstić information content (AvgIpc) is 3.27. The smallest absolute Gasteiger partial charge is 0.295 e. The second kappa shape index (κ2) is 8.47. The highest BCUT2D eigenvalue weighted by molar-refractivity contribution is 7.98. The molecule has 4 aromatic rings. The number of aromatic nitrogens is 4. The van der Waals surface area contributed by atoms with Crippen LogP contribution < -0.4 is 0 Å². The summed E-state index contributed by atoms with van der Waals surface area (Å²) < 4.78 is 1.84. The van der Waals surface area contributed by atoms with Gasteiger partial charge in [0.25, 0.3) is 5.91 Å². The van der Waals surface area contributed by atoms with Crippen LogP contribution in [0.2, 0.25) is 10.0 Å². The lowest BCUT2D eigenvalue weighted by Crippen LogP contribution is -1.94. The van der Waals surface area contributed by atoms with E-state index in [0.29, 0.717) is 32.3 Å². The molecule has 0 atom stereocenters. The third-order valence-electron chi connectivity index (χ3n) is 4.26. The van der Waals surface area contributed by atoms with Gasteiger partial charge in [0.15, 0.2) is 10.8 Å². The Hall–Kier alpha value is -2.88. The molecular weight excluding hydrogens is 447 g/mol. The summed E-state index contributed by atoms with van der Waals surface area (Å²) in [5.41, 5.74) is 1.96. The summed E-state index contributed by atoms with van der Waals surface area (Å²) in [6.07, 6.45) is 1.64. The molecule has 0 radical (unpaired) electrons. The van der Waals surface area contributed by atoms with E-state index in [1.807, 2.05) is 23.7 Å². The number of nitrogens with one attached hydrogen (secondary N) is 1. The van der Waals surface area contributed by atoms with Crippen molar-refractivity contribution in [2.24, 2.45) is 17.3 Å². The number of hydrogen-bond donors (Lipinski definition) is 2. The van der Waals surface area contributed by atoms with Crippen LogP contribution in [0.3, 0.4) is 0 Å². The first-order valence-electron chi connectivity index (χ1n) is 8.64. The molecule has 0 bridgehead atoms. The summed E-state index contributed by atoms with van der Waals surface area (Å²) in [5, 5.41) is 27.6. The highest BCUT2D eigenvalue weighted by Crippen LogP contribution is 2.40. The van der Waals surface area contributed by atoms with Crippen molar-refractivity contribution in [1.82, 2.24) is 19.7 Å². The molecule has 152 valence electrons. The number of aryl methyl sites for hydroxylation is 1. The molecule has 2 aromatic heterocycles. The highest BCUT2D eigenvalue weighted by atomic mass is 35.5. The summed E-state index contributed by atoms with van der Waals surface area (Å²) in [5.74, 6) is -0.0981. The van der Waals surface area contributed by atoms with Crippen LogP contribution in [0, 0.1) is 0 Å². The zero-order chi connectivity index (χ0) is 21.3. The number of azo groups is 1. The Morgan fingerprint density at radius 3 is 2.73 bits per heavy atom. The fraction of sp³-hybridized carbons (Fsp3) is 0.105. The molecule has 0 aliphatic heterocycles. The van der Waals surface area contributed by atoms with Crippen molar-refractivity contribution in [3.8, 4) is 5.88 Å². The number of nitrogens with zero attached hydrogens (tertiary/aromatic N) is 5. The number of hydrogen-bond acceptors (Lipinski definition) is 6. The molecule has 2 N–H and O–H groups in total. The molecule has 0 fully saturated rings. The van der Waals surface area contributed by atoms with E-state index in [9.17, 15) is 9.90 Å². The molecule has 0 saturated heterocycles. The zero-order valence-electron chi connectivity index (χ0n) is 15.5. The molecule has 1 amide bonds. The van der Waals surface area contributed by atoms with E-state index in [2.05, 4.69) is 25.4 Å². The SMILES string of the molecule is Cn1cnnc1SCc1ccc(C(=O)N=Nc2c(O)[nH]c3c(Cl)cc(Cl)cc23)cc1. The van der Waals surface area contributed by atoms with E-state index >= 15 is 0 Å². The van der Waals surface area contributed by atoms with Crippen LogP contribution in [0.1, 0.15) is 15.9 Å². The first-order chi connectivity index (χ1) is 14.4. The number of carbonyl (C=O) groups is 1. The van der Waals surface area contributed by atoms with Gasteiger partial charge < -0.3 is 14.7 Å². The van der Waals surface area contributed by atoms with E-state index in [0.717, 1.165) is 10.7 Å². The number of rotatable bonds is 5. The summed E-state index contributed by atoms with van der Waals surface area (Å²) in [6, 6.07) is 10.2. The van der Waals surface area contributed by atoms with Gasteiger partial charge in [-0.1, -0.05) is 47.1 Å². The average molecular weight is 461 g/mol. The Balaban J connectivity index is 1.49. The molecule has 0 aliphatic carbocycles. The van der Waals surface area contributed by atoms with Gasteiger partial charge in [0, 0.05) is 28.8 Å². The zero-order valence-corrected chi connectivity index (χ0v) is 17.8. The molecular formula is C19H14Cl2N6O2S. The van der Waals surface area contributed by atoms with Crippen molar-refractivity contribution in [3.05, 3.63) is 63.9 Å². The fourth-order valence-electron chi connectivity index (χ4n) is 2.74. The Morgan fingerprint density at radius 2 is 2.03 bits per heavy atom. The molecule has 11 heteroatoms. The number of fused-ring (bicyclic) bond motifs is 1. The first-order valence-corrected chi connectivity index (χ1v) is 10.4. The molecule has 0 unspecified atom stereocenters. The minimum absolute atomic E-state index is 0.0967. The van der Waals surface area contributed by atoms with Crippen molar-refractivity contribution in [3.63, 3.8) is 0 Å². The van der Waals surface area contributed by atoms with Crippen molar-refractivity contribution >= 4 is 57.5 Å². The van der Waals surface area contributed by atoms with Crippen LogP contribution >= 0.6 is 35.0 Å². The number of H-pyrrole nitrogens is 1. The lowest BCUT2D eigenvalue weighted by Gasteiger charge is -2.02. The number of carbonyl (C=O) groups excluding carboxylic acids is 1. The van der Waals surface area contributed by atoms with Gasteiger partial charge in [-0.05, 0) is 29.8 Å². The molecule has 4 rings (SSSR count). The van der Waals surface area contributed by atoms with E-state index < -0.39 is 5.91 Å². The number of halogens is 2. The van der Waals surface area contributed by atoms with Crippen molar-refractivity contribution in [2.45, 2.75) is 10.9 Å². The van der Waals surface area contributed by atoms with Crippen molar-refractivity contribution in [2.75, 3.05) is 0 Å². The quantitative estimate of drug-likeness (QED) is 0.300. The summed E-state index contributed by atoms with van der Waals surface area (Å²) in [6.45, 7) is 0. The minimum Gasteiger partial charge on any atom is -0.493 e. The van der Waals surface area contributed by atoms with E-state index in [-0.39, 0.29) is 11.6 Å². The summed E-state index contributed by atoms with van der Waals surface area (Å²) in [7, 11) is 1.88. The highest BCUT2D eigenvalue weighted by Gasteiger charge is 2.15. The normalized spacial score (nSPS) is 11.6. The van der Waals surface area contributed by atoms with Gasteiger partial charge in [-0.25, -0.2) is 0 Å². The number of aromatic amines is 1. The summed E-state index contributed by atoms with van der Waals surface area (Å²) >= 11 is 13.7. The van der Waals surface area contributed by atoms with Gasteiger partial charge in [-0.3, -0.25) is 4.79 Å². The molecule has 8 nitrogen and oxygen atoms in total. The predicted molar refractivity (Wildman–Crippen MR) is 116 cm³/mol. The van der Waals surface area contributed by atoms with Crippen LogP contribution in [0.5, 0.6) is 5.88 Å². The molecule has 2 heterocycles.